The molecule has 5 rings (SSSR count). The minimum Gasteiger partial charge on any atom is -0.486 e. The smallest absolute Gasteiger partial charge is 0.234 e. The van der Waals surface area contributed by atoms with Crippen LogP contribution in [-0.4, -0.2) is 60.7 Å². The molecule has 0 aliphatic carbocycles. The van der Waals surface area contributed by atoms with E-state index in [1.807, 2.05) is 48.7 Å². The SMILES string of the molecule is CCn1c(-c2ccc3c(c2)OCCO3)cnc1SCC(=O)Nc1ccc(N2CCOCC2)cc1. The highest BCUT2D eigenvalue weighted by atomic mass is 32.2. The van der Waals surface area contributed by atoms with Gasteiger partial charge in [-0.25, -0.2) is 4.98 Å². The number of benzene rings is 2. The second-order valence-corrected chi connectivity index (χ2v) is 8.95. The van der Waals surface area contributed by atoms with E-state index in [1.165, 1.54) is 11.8 Å². The molecule has 2 aromatic carbocycles. The van der Waals surface area contributed by atoms with E-state index in [4.69, 9.17) is 14.2 Å². The van der Waals surface area contributed by atoms with E-state index in [2.05, 4.69) is 26.7 Å². The Labute approximate surface area is 203 Å². The second kappa shape index (κ2) is 10.4. The fourth-order valence-corrected chi connectivity index (χ4v) is 4.96. The standard InChI is InChI=1S/C25H28N4O4S/c1-2-29-21(18-3-8-22-23(15-18)33-14-13-32-22)16-26-25(29)34-17-24(30)27-19-4-6-20(7-5-19)28-9-11-31-12-10-28/h3-8,15-16H,2,9-14,17H2,1H3,(H,27,30). The number of fused-ring (bicyclic) bond motifs is 1. The summed E-state index contributed by atoms with van der Waals surface area (Å²) < 4.78 is 18.9. The number of nitrogens with zero attached hydrogens (tertiary/aromatic N) is 3. The first-order chi connectivity index (χ1) is 16.7. The lowest BCUT2D eigenvalue weighted by molar-refractivity contribution is -0.113. The molecule has 0 spiro atoms. The molecule has 8 nitrogen and oxygen atoms in total. The van der Waals surface area contributed by atoms with Gasteiger partial charge in [0, 0.05) is 36.6 Å². The average molecular weight is 481 g/mol. The zero-order valence-corrected chi connectivity index (χ0v) is 20.0. The molecule has 2 aliphatic rings. The zero-order valence-electron chi connectivity index (χ0n) is 19.2. The minimum absolute atomic E-state index is 0.0596. The Balaban J connectivity index is 1.20. The molecule has 1 amide bonds. The van der Waals surface area contributed by atoms with Crippen molar-refractivity contribution in [3.8, 4) is 22.8 Å². The summed E-state index contributed by atoms with van der Waals surface area (Å²) >= 11 is 1.43. The summed E-state index contributed by atoms with van der Waals surface area (Å²) in [5.74, 6) is 1.74. The van der Waals surface area contributed by atoms with Crippen LogP contribution in [0.2, 0.25) is 0 Å². The summed E-state index contributed by atoms with van der Waals surface area (Å²) in [6.07, 6.45) is 1.85. The van der Waals surface area contributed by atoms with E-state index in [9.17, 15) is 4.79 Å². The molecule has 1 N–H and O–H groups in total. The van der Waals surface area contributed by atoms with Crippen LogP contribution in [0.4, 0.5) is 11.4 Å². The number of rotatable bonds is 7. The zero-order chi connectivity index (χ0) is 23.3. The van der Waals surface area contributed by atoms with Crippen molar-refractivity contribution < 1.29 is 19.0 Å². The van der Waals surface area contributed by atoms with Crippen LogP contribution in [0.3, 0.4) is 0 Å². The van der Waals surface area contributed by atoms with Crippen LogP contribution in [0.15, 0.2) is 53.8 Å². The van der Waals surface area contributed by atoms with Crippen molar-refractivity contribution in [1.29, 1.82) is 0 Å². The molecule has 3 aromatic rings. The van der Waals surface area contributed by atoms with Crippen LogP contribution in [0, 0.1) is 0 Å². The predicted octanol–water partition coefficient (Wildman–Crippen LogP) is 3.91. The second-order valence-electron chi connectivity index (χ2n) is 8.01. The molecule has 0 unspecified atom stereocenters. The lowest BCUT2D eigenvalue weighted by atomic mass is 10.1. The van der Waals surface area contributed by atoms with Gasteiger partial charge in [0.25, 0.3) is 0 Å². The van der Waals surface area contributed by atoms with Gasteiger partial charge in [-0.05, 0) is 49.4 Å². The summed E-state index contributed by atoms with van der Waals surface area (Å²) in [5, 5.41) is 3.79. The number of hydrogen-bond acceptors (Lipinski definition) is 7. The normalized spacial score (nSPS) is 15.3. The van der Waals surface area contributed by atoms with Crippen molar-refractivity contribution in [2.24, 2.45) is 0 Å². The highest BCUT2D eigenvalue weighted by molar-refractivity contribution is 7.99. The van der Waals surface area contributed by atoms with Crippen molar-refractivity contribution >= 4 is 29.0 Å². The van der Waals surface area contributed by atoms with Gasteiger partial charge in [-0.15, -0.1) is 0 Å². The minimum atomic E-state index is -0.0596. The number of anilines is 2. The van der Waals surface area contributed by atoms with Gasteiger partial charge in [0.05, 0.1) is 30.9 Å². The maximum atomic E-state index is 12.6. The lowest BCUT2D eigenvalue weighted by Gasteiger charge is -2.28. The van der Waals surface area contributed by atoms with Crippen molar-refractivity contribution in [2.45, 2.75) is 18.6 Å². The van der Waals surface area contributed by atoms with E-state index in [0.717, 1.165) is 72.1 Å². The molecule has 0 radical (unpaired) electrons. The fourth-order valence-electron chi connectivity index (χ4n) is 4.12. The Morgan fingerprint density at radius 2 is 1.79 bits per heavy atom. The highest BCUT2D eigenvalue weighted by Crippen LogP contribution is 2.35. The third-order valence-electron chi connectivity index (χ3n) is 5.83. The summed E-state index contributed by atoms with van der Waals surface area (Å²) in [5.41, 5.74) is 3.93. The average Bonchev–Trinajstić information content (AvgIpc) is 3.31. The number of nitrogens with one attached hydrogen (secondary N) is 1. The van der Waals surface area contributed by atoms with Gasteiger partial charge in [-0.2, -0.15) is 0 Å². The first-order valence-electron chi connectivity index (χ1n) is 11.5. The third kappa shape index (κ3) is 5.00. The molecule has 0 atom stereocenters. The van der Waals surface area contributed by atoms with E-state index in [1.54, 1.807) is 0 Å². The molecule has 178 valence electrons. The Hall–Kier alpha value is -3.17. The molecule has 0 bridgehead atoms. The maximum Gasteiger partial charge on any atom is 0.234 e. The van der Waals surface area contributed by atoms with Gasteiger partial charge < -0.3 is 29.0 Å². The van der Waals surface area contributed by atoms with Crippen LogP contribution in [0.5, 0.6) is 11.5 Å². The first-order valence-corrected chi connectivity index (χ1v) is 12.5. The topological polar surface area (TPSA) is 77.8 Å². The van der Waals surface area contributed by atoms with Crippen LogP contribution >= 0.6 is 11.8 Å². The third-order valence-corrected chi connectivity index (χ3v) is 6.82. The number of aromatic nitrogens is 2. The van der Waals surface area contributed by atoms with Crippen molar-refractivity contribution in [2.75, 3.05) is 55.5 Å². The molecule has 34 heavy (non-hydrogen) atoms. The number of morpholine rings is 1. The fraction of sp³-hybridized carbons (Fsp3) is 0.360. The summed E-state index contributed by atoms with van der Waals surface area (Å²) in [4.78, 5) is 19.4. The Morgan fingerprint density at radius 1 is 1.03 bits per heavy atom. The summed E-state index contributed by atoms with van der Waals surface area (Å²) in [6.45, 7) is 7.22. The monoisotopic (exact) mass is 480 g/mol. The van der Waals surface area contributed by atoms with Crippen LogP contribution in [0.1, 0.15) is 6.92 Å². The molecule has 9 heteroatoms. The van der Waals surface area contributed by atoms with Gasteiger partial charge in [0.1, 0.15) is 13.2 Å². The summed E-state index contributed by atoms with van der Waals surface area (Å²) in [7, 11) is 0. The largest absolute Gasteiger partial charge is 0.486 e. The van der Waals surface area contributed by atoms with Crippen molar-refractivity contribution in [1.82, 2.24) is 9.55 Å². The van der Waals surface area contributed by atoms with Crippen molar-refractivity contribution in [3.05, 3.63) is 48.7 Å². The maximum absolute atomic E-state index is 12.6. The number of ether oxygens (including phenoxy) is 3. The van der Waals surface area contributed by atoms with Gasteiger partial charge in [-0.1, -0.05) is 11.8 Å². The van der Waals surface area contributed by atoms with Crippen molar-refractivity contribution in [3.63, 3.8) is 0 Å². The Bertz CT molecular complexity index is 1140. The van der Waals surface area contributed by atoms with E-state index in [-0.39, 0.29) is 11.7 Å². The molecule has 1 saturated heterocycles. The number of thioether (sulfide) groups is 1. The van der Waals surface area contributed by atoms with Gasteiger partial charge >= 0.3 is 0 Å². The lowest BCUT2D eigenvalue weighted by Crippen LogP contribution is -2.36. The number of amides is 1. The Kier molecular flexibility index (Phi) is 6.92. The predicted molar refractivity (Wildman–Crippen MR) is 133 cm³/mol. The Morgan fingerprint density at radius 3 is 2.56 bits per heavy atom. The first kappa shape index (κ1) is 22.6. The molecule has 2 aliphatic heterocycles. The van der Waals surface area contributed by atoms with E-state index >= 15 is 0 Å². The molecule has 3 heterocycles. The van der Waals surface area contributed by atoms with E-state index < -0.39 is 0 Å². The van der Waals surface area contributed by atoms with Gasteiger partial charge in [0.15, 0.2) is 16.7 Å². The van der Waals surface area contributed by atoms with Gasteiger partial charge in [0.2, 0.25) is 5.91 Å². The number of carbonyl (C=O) groups excluding carboxylic acids is 1. The quantitative estimate of drug-likeness (QED) is 0.514. The van der Waals surface area contributed by atoms with E-state index in [0.29, 0.717) is 13.2 Å². The van der Waals surface area contributed by atoms with Crippen LogP contribution in [-0.2, 0) is 16.1 Å². The van der Waals surface area contributed by atoms with Crippen LogP contribution < -0.4 is 19.7 Å². The molecule has 1 fully saturated rings. The molecule has 0 saturated carbocycles. The summed E-state index contributed by atoms with van der Waals surface area (Å²) in [6, 6.07) is 13.9. The van der Waals surface area contributed by atoms with Gasteiger partial charge in [-0.3, -0.25) is 4.79 Å². The number of imidazole rings is 1. The molecular weight excluding hydrogens is 452 g/mol. The highest BCUT2D eigenvalue weighted by Gasteiger charge is 2.17. The molecule has 1 aromatic heterocycles. The number of hydrogen-bond donors (Lipinski definition) is 1. The number of carbonyl (C=O) groups is 1. The van der Waals surface area contributed by atoms with Crippen LogP contribution in [0.25, 0.3) is 11.3 Å². The molecular formula is C25H28N4O4S.